The van der Waals surface area contributed by atoms with Crippen molar-refractivity contribution in [2.24, 2.45) is 0 Å². The van der Waals surface area contributed by atoms with Crippen molar-refractivity contribution in [1.82, 2.24) is 10.2 Å². The Morgan fingerprint density at radius 3 is 2.89 bits per heavy atom. The van der Waals surface area contributed by atoms with Gasteiger partial charge in [-0.2, -0.15) is 5.26 Å². The van der Waals surface area contributed by atoms with Crippen LogP contribution in [0.1, 0.15) is 5.56 Å². The molecule has 0 unspecified atom stereocenters. The summed E-state index contributed by atoms with van der Waals surface area (Å²) in [6.45, 7) is 6.22. The third-order valence-corrected chi connectivity index (χ3v) is 3.74. The van der Waals surface area contributed by atoms with Crippen molar-refractivity contribution in [1.29, 1.82) is 5.26 Å². The maximum Gasteiger partial charge on any atom is 0.103 e. The SMILES string of the molecule is N#Cc1c(Br)cccc1NCCN1CCNCC1. The number of hydrogen-bond acceptors (Lipinski definition) is 4. The molecule has 1 heterocycles. The molecule has 0 spiro atoms. The smallest absolute Gasteiger partial charge is 0.103 e. The Morgan fingerprint density at radius 2 is 2.17 bits per heavy atom. The average molecular weight is 309 g/mol. The third-order valence-electron chi connectivity index (χ3n) is 3.08. The summed E-state index contributed by atoms with van der Waals surface area (Å²) in [7, 11) is 0. The highest BCUT2D eigenvalue weighted by molar-refractivity contribution is 9.10. The van der Waals surface area contributed by atoms with Gasteiger partial charge in [-0.15, -0.1) is 0 Å². The average Bonchev–Trinajstić information content (AvgIpc) is 2.40. The minimum absolute atomic E-state index is 0.679. The van der Waals surface area contributed by atoms with Gasteiger partial charge in [0.2, 0.25) is 0 Å². The fourth-order valence-corrected chi connectivity index (χ4v) is 2.52. The molecule has 1 aromatic rings. The molecule has 1 aromatic carbocycles. The van der Waals surface area contributed by atoms with Gasteiger partial charge in [0.25, 0.3) is 0 Å². The van der Waals surface area contributed by atoms with Crippen molar-refractivity contribution >= 4 is 21.6 Å². The number of piperazine rings is 1. The van der Waals surface area contributed by atoms with E-state index >= 15 is 0 Å². The number of nitriles is 1. The summed E-state index contributed by atoms with van der Waals surface area (Å²) in [5.41, 5.74) is 1.58. The van der Waals surface area contributed by atoms with E-state index in [0.29, 0.717) is 5.56 Å². The maximum absolute atomic E-state index is 9.11. The highest BCUT2D eigenvalue weighted by atomic mass is 79.9. The van der Waals surface area contributed by atoms with E-state index in [1.54, 1.807) is 0 Å². The first-order chi connectivity index (χ1) is 8.81. The van der Waals surface area contributed by atoms with Crippen molar-refractivity contribution in [2.45, 2.75) is 0 Å². The zero-order chi connectivity index (χ0) is 12.8. The third kappa shape index (κ3) is 3.45. The van der Waals surface area contributed by atoms with Crippen molar-refractivity contribution in [3.05, 3.63) is 28.2 Å². The van der Waals surface area contributed by atoms with E-state index in [4.69, 9.17) is 5.26 Å². The van der Waals surface area contributed by atoms with Gasteiger partial charge < -0.3 is 10.6 Å². The lowest BCUT2D eigenvalue weighted by Crippen LogP contribution is -2.45. The fraction of sp³-hybridized carbons (Fsp3) is 0.462. The summed E-state index contributed by atoms with van der Waals surface area (Å²) in [5, 5.41) is 15.8. The standard InChI is InChI=1S/C13H17BrN4/c14-12-2-1-3-13(11(12)10-15)17-6-9-18-7-4-16-5-8-18/h1-3,16-17H,4-9H2. The lowest BCUT2D eigenvalue weighted by atomic mass is 10.2. The van der Waals surface area contributed by atoms with Gasteiger partial charge in [0.15, 0.2) is 0 Å². The second-order valence-corrected chi connectivity index (χ2v) is 5.15. The molecule has 1 aliphatic heterocycles. The molecule has 1 saturated heterocycles. The van der Waals surface area contributed by atoms with Gasteiger partial charge in [-0.1, -0.05) is 6.07 Å². The van der Waals surface area contributed by atoms with Crippen LogP contribution in [-0.2, 0) is 0 Å². The molecule has 0 bridgehead atoms. The summed E-state index contributed by atoms with van der Waals surface area (Å²) >= 11 is 3.39. The molecule has 1 aliphatic rings. The largest absolute Gasteiger partial charge is 0.383 e. The molecule has 0 aromatic heterocycles. The van der Waals surface area contributed by atoms with E-state index in [0.717, 1.165) is 49.4 Å². The molecular formula is C13H17BrN4. The number of halogens is 1. The predicted molar refractivity (Wildman–Crippen MR) is 76.7 cm³/mol. The Morgan fingerprint density at radius 1 is 1.39 bits per heavy atom. The lowest BCUT2D eigenvalue weighted by molar-refractivity contribution is 0.249. The number of benzene rings is 1. The molecule has 5 heteroatoms. The number of rotatable bonds is 4. The van der Waals surface area contributed by atoms with Gasteiger partial charge in [-0.25, -0.2) is 0 Å². The monoisotopic (exact) mass is 308 g/mol. The molecule has 0 radical (unpaired) electrons. The number of nitrogens with zero attached hydrogens (tertiary/aromatic N) is 2. The molecule has 2 rings (SSSR count). The van der Waals surface area contributed by atoms with Gasteiger partial charge in [0.1, 0.15) is 6.07 Å². The fourth-order valence-electron chi connectivity index (χ4n) is 2.07. The molecule has 0 amide bonds. The van der Waals surface area contributed by atoms with Crippen LogP contribution in [-0.4, -0.2) is 44.2 Å². The van der Waals surface area contributed by atoms with E-state index in [-0.39, 0.29) is 0 Å². The quantitative estimate of drug-likeness (QED) is 0.888. The van der Waals surface area contributed by atoms with Gasteiger partial charge in [-0.3, -0.25) is 4.90 Å². The van der Waals surface area contributed by atoms with Crippen LogP contribution in [0.25, 0.3) is 0 Å². The Bertz CT molecular complexity index is 435. The molecule has 0 atom stereocenters. The highest BCUT2D eigenvalue weighted by Gasteiger charge is 2.09. The van der Waals surface area contributed by atoms with Crippen molar-refractivity contribution in [2.75, 3.05) is 44.6 Å². The molecule has 96 valence electrons. The first kappa shape index (κ1) is 13.3. The van der Waals surface area contributed by atoms with Crippen LogP contribution in [0.2, 0.25) is 0 Å². The summed E-state index contributed by atoms with van der Waals surface area (Å²) in [6.07, 6.45) is 0. The van der Waals surface area contributed by atoms with E-state index in [1.807, 2.05) is 18.2 Å². The molecule has 18 heavy (non-hydrogen) atoms. The van der Waals surface area contributed by atoms with Crippen LogP contribution in [0.5, 0.6) is 0 Å². The van der Waals surface area contributed by atoms with Crippen molar-refractivity contribution in [3.63, 3.8) is 0 Å². The van der Waals surface area contributed by atoms with E-state index in [9.17, 15) is 0 Å². The first-order valence-electron chi connectivity index (χ1n) is 6.17. The zero-order valence-corrected chi connectivity index (χ0v) is 11.8. The Kier molecular flexibility index (Phi) is 5.00. The molecule has 1 fully saturated rings. The molecular weight excluding hydrogens is 292 g/mol. The Hall–Kier alpha value is -1.09. The summed E-state index contributed by atoms with van der Waals surface area (Å²) < 4.78 is 0.845. The summed E-state index contributed by atoms with van der Waals surface area (Å²) in [5.74, 6) is 0. The van der Waals surface area contributed by atoms with Gasteiger partial charge in [0.05, 0.1) is 11.3 Å². The van der Waals surface area contributed by atoms with Crippen LogP contribution in [0.3, 0.4) is 0 Å². The Labute approximate surface area is 116 Å². The first-order valence-corrected chi connectivity index (χ1v) is 6.96. The highest BCUT2D eigenvalue weighted by Crippen LogP contribution is 2.23. The predicted octanol–water partition coefficient (Wildman–Crippen LogP) is 1.64. The van der Waals surface area contributed by atoms with Gasteiger partial charge in [0, 0.05) is 43.7 Å². The lowest BCUT2D eigenvalue weighted by Gasteiger charge is -2.27. The normalized spacial score (nSPS) is 16.2. The van der Waals surface area contributed by atoms with E-state index < -0.39 is 0 Å². The molecule has 0 aliphatic carbocycles. The van der Waals surface area contributed by atoms with Crippen LogP contribution >= 0.6 is 15.9 Å². The molecule has 4 nitrogen and oxygen atoms in total. The van der Waals surface area contributed by atoms with E-state index in [1.165, 1.54) is 0 Å². The maximum atomic E-state index is 9.11. The minimum atomic E-state index is 0.679. The number of hydrogen-bond donors (Lipinski definition) is 2. The summed E-state index contributed by atoms with van der Waals surface area (Å²) in [6, 6.07) is 8.00. The van der Waals surface area contributed by atoms with E-state index in [2.05, 4.69) is 37.5 Å². The Balaban J connectivity index is 1.86. The molecule has 2 N–H and O–H groups in total. The molecule has 0 saturated carbocycles. The topological polar surface area (TPSA) is 51.1 Å². The summed E-state index contributed by atoms with van der Waals surface area (Å²) in [4.78, 5) is 2.42. The van der Waals surface area contributed by atoms with Crippen molar-refractivity contribution in [3.8, 4) is 6.07 Å². The van der Waals surface area contributed by atoms with Crippen LogP contribution < -0.4 is 10.6 Å². The minimum Gasteiger partial charge on any atom is -0.383 e. The zero-order valence-electron chi connectivity index (χ0n) is 10.2. The van der Waals surface area contributed by atoms with Crippen LogP contribution in [0.15, 0.2) is 22.7 Å². The second-order valence-electron chi connectivity index (χ2n) is 4.29. The van der Waals surface area contributed by atoms with Crippen LogP contribution in [0, 0.1) is 11.3 Å². The van der Waals surface area contributed by atoms with Gasteiger partial charge >= 0.3 is 0 Å². The van der Waals surface area contributed by atoms with Crippen molar-refractivity contribution < 1.29 is 0 Å². The number of nitrogens with one attached hydrogen (secondary N) is 2. The number of anilines is 1. The van der Waals surface area contributed by atoms with Crippen LogP contribution in [0.4, 0.5) is 5.69 Å². The second kappa shape index (κ2) is 6.74. The van der Waals surface area contributed by atoms with Gasteiger partial charge in [-0.05, 0) is 28.1 Å².